The Kier molecular flexibility index (Phi) is 5.08. The lowest BCUT2D eigenvalue weighted by molar-refractivity contribution is -0.202. The summed E-state index contributed by atoms with van der Waals surface area (Å²) in [4.78, 5) is 6.05. The normalized spacial score (nSPS) is 23.4. The minimum Gasteiger partial charge on any atom is -0.378 e. The van der Waals surface area contributed by atoms with E-state index in [1.807, 2.05) is 65.7 Å². The number of anilines is 2. The molecule has 0 aromatic heterocycles. The van der Waals surface area contributed by atoms with Gasteiger partial charge in [-0.05, 0) is 30.7 Å². The van der Waals surface area contributed by atoms with E-state index in [0.29, 0.717) is 19.6 Å². The smallest absolute Gasteiger partial charge is 0.216 e. The summed E-state index contributed by atoms with van der Waals surface area (Å²) < 4.78 is 5.54. The van der Waals surface area contributed by atoms with E-state index in [1.54, 1.807) is 0 Å². The molecule has 6 nitrogen and oxygen atoms in total. The van der Waals surface area contributed by atoms with E-state index < -0.39 is 5.85 Å². The van der Waals surface area contributed by atoms with Gasteiger partial charge in [-0.15, -0.1) is 0 Å². The molecule has 2 heterocycles. The summed E-state index contributed by atoms with van der Waals surface area (Å²) in [5, 5.41) is 19.8. The molecule has 2 aliphatic heterocycles. The van der Waals surface area contributed by atoms with Crippen LogP contribution >= 0.6 is 0 Å². The van der Waals surface area contributed by atoms with Gasteiger partial charge in [-0.3, -0.25) is 4.84 Å². The Morgan fingerprint density at radius 1 is 1.00 bits per heavy atom. The van der Waals surface area contributed by atoms with Gasteiger partial charge in [0.25, 0.3) is 0 Å². The minimum atomic E-state index is -1.33. The van der Waals surface area contributed by atoms with E-state index in [-0.39, 0.29) is 12.1 Å². The number of hydroxylamine groups is 2. The summed E-state index contributed by atoms with van der Waals surface area (Å²) in [6.07, 6.45) is 1.16. The Hall–Kier alpha value is -2.12. The second kappa shape index (κ2) is 7.63. The van der Waals surface area contributed by atoms with Crippen LogP contribution in [-0.2, 0) is 9.57 Å². The van der Waals surface area contributed by atoms with Crippen LogP contribution in [0.2, 0.25) is 0 Å². The highest BCUT2D eigenvalue weighted by molar-refractivity contribution is 5.50. The van der Waals surface area contributed by atoms with E-state index in [2.05, 4.69) is 10.6 Å². The van der Waals surface area contributed by atoms with Gasteiger partial charge in [0.15, 0.2) is 0 Å². The van der Waals surface area contributed by atoms with E-state index in [0.717, 1.165) is 24.3 Å². The van der Waals surface area contributed by atoms with Crippen molar-refractivity contribution in [1.29, 1.82) is 0 Å². The first kappa shape index (κ1) is 17.3. The van der Waals surface area contributed by atoms with E-state index in [4.69, 9.17) is 9.57 Å². The molecule has 2 aliphatic rings. The summed E-state index contributed by atoms with van der Waals surface area (Å²) >= 11 is 0. The summed E-state index contributed by atoms with van der Waals surface area (Å²) in [5.41, 5.74) is 1.69. The van der Waals surface area contributed by atoms with Crippen LogP contribution in [0.3, 0.4) is 0 Å². The molecule has 2 atom stereocenters. The maximum absolute atomic E-state index is 11.4. The van der Waals surface area contributed by atoms with Gasteiger partial charge in [0.1, 0.15) is 0 Å². The number of nitrogens with one attached hydrogen (secondary N) is 2. The molecule has 2 saturated heterocycles. The largest absolute Gasteiger partial charge is 0.378 e. The molecule has 26 heavy (non-hydrogen) atoms. The first-order chi connectivity index (χ1) is 12.7. The van der Waals surface area contributed by atoms with Crippen LogP contribution in [0.15, 0.2) is 60.7 Å². The summed E-state index contributed by atoms with van der Waals surface area (Å²) in [7, 11) is 0. The molecule has 4 rings (SSSR count). The van der Waals surface area contributed by atoms with Crippen molar-refractivity contribution in [3.05, 3.63) is 60.7 Å². The fraction of sp³-hybridized carbons (Fsp3) is 0.400. The number of nitrogens with zero attached hydrogens (tertiary/aromatic N) is 1. The topological polar surface area (TPSA) is 66.0 Å². The average molecular weight is 355 g/mol. The lowest BCUT2D eigenvalue weighted by Gasteiger charge is -2.34. The number of para-hydroxylation sites is 2. The summed E-state index contributed by atoms with van der Waals surface area (Å²) in [6, 6.07) is 19.7. The lowest BCUT2D eigenvalue weighted by atomic mass is 10.0. The number of benzene rings is 2. The molecule has 2 unspecified atom stereocenters. The lowest BCUT2D eigenvalue weighted by Crippen LogP contribution is -2.48. The van der Waals surface area contributed by atoms with Gasteiger partial charge < -0.3 is 20.5 Å². The summed E-state index contributed by atoms with van der Waals surface area (Å²) in [6.45, 7) is 2.16. The van der Waals surface area contributed by atoms with Crippen LogP contribution in [0.4, 0.5) is 11.4 Å². The highest BCUT2D eigenvalue weighted by atomic mass is 16.7. The first-order valence-electron chi connectivity index (χ1n) is 9.10. The monoisotopic (exact) mass is 355 g/mol. The second-order valence-electron chi connectivity index (χ2n) is 6.88. The van der Waals surface area contributed by atoms with Crippen molar-refractivity contribution in [2.45, 2.75) is 30.8 Å². The number of hydrogen-bond acceptors (Lipinski definition) is 6. The van der Waals surface area contributed by atoms with Crippen molar-refractivity contribution in [3.63, 3.8) is 0 Å². The van der Waals surface area contributed by atoms with Gasteiger partial charge in [0.05, 0.1) is 25.4 Å². The molecule has 0 saturated carbocycles. The number of ether oxygens (including phenoxy) is 1. The van der Waals surface area contributed by atoms with Gasteiger partial charge in [-0.2, -0.15) is 5.06 Å². The zero-order chi connectivity index (χ0) is 17.8. The molecule has 0 aliphatic carbocycles. The highest BCUT2D eigenvalue weighted by Crippen LogP contribution is 2.30. The minimum absolute atomic E-state index is 0.0841. The Morgan fingerprint density at radius 2 is 1.62 bits per heavy atom. The van der Waals surface area contributed by atoms with Crippen LogP contribution in [-0.4, -0.2) is 47.9 Å². The van der Waals surface area contributed by atoms with Gasteiger partial charge in [-0.1, -0.05) is 36.4 Å². The average Bonchev–Trinajstić information content (AvgIpc) is 3.04. The number of aliphatic hydroxyl groups is 1. The molecular weight excluding hydrogens is 330 g/mol. The van der Waals surface area contributed by atoms with E-state index in [1.165, 1.54) is 0 Å². The van der Waals surface area contributed by atoms with Crippen LogP contribution in [0.5, 0.6) is 0 Å². The third kappa shape index (κ3) is 4.16. The molecular formula is C20H25N3O3. The quantitative estimate of drug-likeness (QED) is 0.693. The number of morpholine rings is 1. The third-order valence-electron chi connectivity index (χ3n) is 4.77. The highest BCUT2D eigenvalue weighted by Gasteiger charge is 2.40. The Balaban J connectivity index is 1.50. The molecule has 138 valence electrons. The maximum Gasteiger partial charge on any atom is 0.216 e. The molecule has 0 amide bonds. The SMILES string of the molecule is OC(CC1CC2COCCN2O1)(Nc1ccccc1)Nc1ccccc1. The molecule has 2 aromatic carbocycles. The zero-order valence-corrected chi connectivity index (χ0v) is 14.7. The number of rotatable bonds is 6. The Bertz CT molecular complexity index is 642. The van der Waals surface area contributed by atoms with Crippen molar-refractivity contribution in [3.8, 4) is 0 Å². The Labute approximate surface area is 153 Å². The van der Waals surface area contributed by atoms with Crippen LogP contribution in [0.1, 0.15) is 12.8 Å². The van der Waals surface area contributed by atoms with Gasteiger partial charge in [0, 0.05) is 24.3 Å². The standard InChI is InChI=1S/C20H25N3O3/c24-20(21-16-7-3-1-4-8-16,22-17-9-5-2-6-10-17)14-19-13-18-15-25-12-11-23(18)26-19/h1-10,18-19,21-22,24H,11-15H2. The molecule has 0 radical (unpaired) electrons. The van der Waals surface area contributed by atoms with Crippen LogP contribution < -0.4 is 10.6 Å². The third-order valence-corrected chi connectivity index (χ3v) is 4.77. The second-order valence-corrected chi connectivity index (χ2v) is 6.88. The van der Waals surface area contributed by atoms with Crippen LogP contribution in [0.25, 0.3) is 0 Å². The van der Waals surface area contributed by atoms with E-state index >= 15 is 0 Å². The number of fused-ring (bicyclic) bond motifs is 1. The summed E-state index contributed by atoms with van der Waals surface area (Å²) in [5.74, 6) is -1.33. The van der Waals surface area contributed by atoms with Crippen molar-refractivity contribution < 1.29 is 14.7 Å². The predicted molar refractivity (Wildman–Crippen MR) is 100 cm³/mol. The first-order valence-corrected chi connectivity index (χ1v) is 9.10. The molecule has 6 heteroatoms. The van der Waals surface area contributed by atoms with E-state index in [9.17, 15) is 5.11 Å². The van der Waals surface area contributed by atoms with Crippen molar-refractivity contribution in [2.24, 2.45) is 0 Å². The van der Waals surface area contributed by atoms with Gasteiger partial charge >= 0.3 is 0 Å². The van der Waals surface area contributed by atoms with Crippen LogP contribution in [0, 0.1) is 0 Å². The molecule has 0 bridgehead atoms. The zero-order valence-electron chi connectivity index (χ0n) is 14.7. The maximum atomic E-state index is 11.4. The molecule has 2 aromatic rings. The fourth-order valence-electron chi connectivity index (χ4n) is 3.61. The predicted octanol–water partition coefficient (Wildman–Crippen LogP) is 2.65. The molecule has 0 spiro atoms. The number of hydrogen-bond donors (Lipinski definition) is 3. The Morgan fingerprint density at radius 3 is 2.19 bits per heavy atom. The van der Waals surface area contributed by atoms with Gasteiger partial charge in [0.2, 0.25) is 5.85 Å². The van der Waals surface area contributed by atoms with Crippen molar-refractivity contribution >= 4 is 11.4 Å². The van der Waals surface area contributed by atoms with Crippen molar-refractivity contribution in [1.82, 2.24) is 5.06 Å². The molecule has 3 N–H and O–H groups in total. The fourth-order valence-corrected chi connectivity index (χ4v) is 3.61. The van der Waals surface area contributed by atoms with Gasteiger partial charge in [-0.25, -0.2) is 0 Å². The van der Waals surface area contributed by atoms with Crippen molar-refractivity contribution in [2.75, 3.05) is 30.4 Å². The molecule has 2 fully saturated rings.